The van der Waals surface area contributed by atoms with Gasteiger partial charge in [0.15, 0.2) is 0 Å². The van der Waals surface area contributed by atoms with Crippen LogP contribution in [0, 0.1) is 19.3 Å². The number of rotatable bonds is 0. The van der Waals surface area contributed by atoms with Crippen LogP contribution in [0.3, 0.4) is 0 Å². The van der Waals surface area contributed by atoms with Gasteiger partial charge in [-0.2, -0.15) is 5.10 Å². The molecule has 72 valence electrons. The summed E-state index contributed by atoms with van der Waals surface area (Å²) in [5.74, 6) is 2.59. The van der Waals surface area contributed by atoms with Gasteiger partial charge in [-0.15, -0.1) is 22.9 Å². The first-order valence-corrected chi connectivity index (χ1v) is 5.31. The van der Waals surface area contributed by atoms with Gasteiger partial charge < -0.3 is 0 Å². The topological polar surface area (TPSA) is 25.8 Å². The summed E-state index contributed by atoms with van der Waals surface area (Å²) in [6.45, 7) is 6.03. The Hall–Kier alpha value is -1.40. The fourth-order valence-electron chi connectivity index (χ4n) is 1.08. The highest BCUT2D eigenvalue weighted by atomic mass is 32.1. The van der Waals surface area contributed by atoms with E-state index in [1.807, 2.05) is 26.8 Å². The zero-order chi connectivity index (χ0) is 10.6. The predicted octanol–water partition coefficient (Wildman–Crippen LogP) is 3.01. The molecule has 14 heavy (non-hydrogen) atoms. The molecule has 0 saturated heterocycles. The predicted molar refractivity (Wildman–Crippen MR) is 61.4 cm³/mol. The van der Waals surface area contributed by atoms with Crippen LogP contribution in [0.4, 0.5) is 0 Å². The molecule has 2 nitrogen and oxygen atoms in total. The standard InChI is InChI=1S/C9H6N2S.C2H6/c1-3-7-5-10-11-8-4-6(2)12-9(7)8;1-2/h1,4-5H,2H3;1-2H3. The average molecular weight is 204 g/mol. The molecule has 2 aromatic rings. The van der Waals surface area contributed by atoms with Crippen molar-refractivity contribution in [2.75, 3.05) is 0 Å². The second kappa shape index (κ2) is 4.73. The van der Waals surface area contributed by atoms with Crippen molar-refractivity contribution >= 4 is 21.6 Å². The molecule has 2 heterocycles. The van der Waals surface area contributed by atoms with Gasteiger partial charge in [-0.3, -0.25) is 0 Å². The van der Waals surface area contributed by atoms with Gasteiger partial charge in [-0.05, 0) is 13.0 Å². The number of terminal acetylenes is 1. The molecule has 0 saturated carbocycles. The molecule has 0 atom stereocenters. The quantitative estimate of drug-likeness (QED) is 0.616. The lowest BCUT2D eigenvalue weighted by Gasteiger charge is -1.89. The molecular weight excluding hydrogens is 192 g/mol. The highest BCUT2D eigenvalue weighted by Gasteiger charge is 2.03. The van der Waals surface area contributed by atoms with Crippen molar-refractivity contribution in [1.82, 2.24) is 10.2 Å². The number of aryl methyl sites for hydroxylation is 1. The van der Waals surface area contributed by atoms with Crippen LogP contribution in [0.2, 0.25) is 0 Å². The van der Waals surface area contributed by atoms with Gasteiger partial charge in [-0.25, -0.2) is 0 Å². The van der Waals surface area contributed by atoms with Gasteiger partial charge in [-0.1, -0.05) is 19.8 Å². The zero-order valence-corrected chi connectivity index (χ0v) is 9.35. The van der Waals surface area contributed by atoms with E-state index in [1.54, 1.807) is 17.5 Å². The van der Waals surface area contributed by atoms with Crippen LogP contribution in [0.5, 0.6) is 0 Å². The third-order valence-electron chi connectivity index (χ3n) is 1.59. The summed E-state index contributed by atoms with van der Waals surface area (Å²) in [5, 5.41) is 7.79. The van der Waals surface area contributed by atoms with E-state index in [2.05, 4.69) is 16.1 Å². The molecule has 2 aromatic heterocycles. The van der Waals surface area contributed by atoms with Crippen molar-refractivity contribution in [1.29, 1.82) is 0 Å². The summed E-state index contributed by atoms with van der Waals surface area (Å²) in [4.78, 5) is 1.21. The van der Waals surface area contributed by atoms with Crippen molar-refractivity contribution in [2.45, 2.75) is 20.8 Å². The second-order valence-electron chi connectivity index (χ2n) is 2.47. The Morgan fingerprint density at radius 1 is 1.43 bits per heavy atom. The molecular formula is C11H12N2S. The van der Waals surface area contributed by atoms with Crippen LogP contribution in [-0.4, -0.2) is 10.2 Å². The molecule has 0 amide bonds. The van der Waals surface area contributed by atoms with Crippen molar-refractivity contribution < 1.29 is 0 Å². The van der Waals surface area contributed by atoms with Crippen LogP contribution >= 0.6 is 11.3 Å². The van der Waals surface area contributed by atoms with Crippen molar-refractivity contribution in [3.8, 4) is 12.3 Å². The number of hydrogen-bond acceptors (Lipinski definition) is 3. The average Bonchev–Trinajstić information content (AvgIpc) is 2.60. The van der Waals surface area contributed by atoms with Gasteiger partial charge in [0.1, 0.15) is 5.52 Å². The summed E-state index contributed by atoms with van der Waals surface area (Å²) >= 11 is 1.66. The first-order valence-electron chi connectivity index (χ1n) is 4.49. The Balaban J connectivity index is 0.000000461. The van der Waals surface area contributed by atoms with Gasteiger partial charge >= 0.3 is 0 Å². The van der Waals surface area contributed by atoms with E-state index in [0.717, 1.165) is 15.8 Å². The third kappa shape index (κ3) is 1.91. The minimum absolute atomic E-state index is 0.832. The fraction of sp³-hybridized carbons (Fsp3) is 0.273. The Bertz CT molecular complexity index is 466. The maximum absolute atomic E-state index is 5.31. The molecule has 0 aromatic carbocycles. The van der Waals surface area contributed by atoms with Gasteiger partial charge in [0.2, 0.25) is 0 Å². The van der Waals surface area contributed by atoms with Gasteiger partial charge in [0, 0.05) is 4.88 Å². The molecule has 3 heteroatoms. The molecule has 0 bridgehead atoms. The van der Waals surface area contributed by atoms with Crippen LogP contribution in [0.15, 0.2) is 12.3 Å². The maximum atomic E-state index is 5.31. The lowest BCUT2D eigenvalue weighted by atomic mass is 10.3. The van der Waals surface area contributed by atoms with E-state index in [0.29, 0.717) is 0 Å². The lowest BCUT2D eigenvalue weighted by molar-refractivity contribution is 1.07. The van der Waals surface area contributed by atoms with Crippen LogP contribution in [-0.2, 0) is 0 Å². The smallest absolute Gasteiger partial charge is 0.105 e. The molecule has 0 radical (unpaired) electrons. The lowest BCUT2D eigenvalue weighted by Crippen LogP contribution is -1.82. The molecule has 0 N–H and O–H groups in total. The van der Waals surface area contributed by atoms with E-state index >= 15 is 0 Å². The molecule has 0 aliphatic heterocycles. The number of thiophene rings is 1. The zero-order valence-electron chi connectivity index (χ0n) is 8.53. The summed E-state index contributed by atoms with van der Waals surface area (Å²) in [7, 11) is 0. The summed E-state index contributed by atoms with van der Waals surface area (Å²) in [6, 6.07) is 1.99. The van der Waals surface area contributed by atoms with E-state index < -0.39 is 0 Å². The second-order valence-corrected chi connectivity index (χ2v) is 3.73. The van der Waals surface area contributed by atoms with E-state index in [1.165, 1.54) is 4.88 Å². The normalized spacial score (nSPS) is 9.00. The summed E-state index contributed by atoms with van der Waals surface area (Å²) in [6.07, 6.45) is 6.94. The SMILES string of the molecule is C#Cc1cnnc2cc(C)sc12.CC. The van der Waals surface area contributed by atoms with Gasteiger partial charge in [0.25, 0.3) is 0 Å². The first-order chi connectivity index (χ1) is 6.81. The Morgan fingerprint density at radius 3 is 2.79 bits per heavy atom. The first kappa shape index (κ1) is 10.7. The van der Waals surface area contributed by atoms with E-state index in [9.17, 15) is 0 Å². The number of nitrogens with zero attached hydrogens (tertiary/aromatic N) is 2. The minimum Gasteiger partial charge on any atom is -0.157 e. The van der Waals surface area contributed by atoms with Crippen molar-refractivity contribution in [3.05, 3.63) is 22.7 Å². The monoisotopic (exact) mass is 204 g/mol. The molecule has 0 fully saturated rings. The highest BCUT2D eigenvalue weighted by Crippen LogP contribution is 2.24. The van der Waals surface area contributed by atoms with E-state index in [-0.39, 0.29) is 0 Å². The van der Waals surface area contributed by atoms with Crippen LogP contribution in [0.25, 0.3) is 10.2 Å². The molecule has 0 spiro atoms. The number of hydrogen-bond donors (Lipinski definition) is 0. The largest absolute Gasteiger partial charge is 0.157 e. The molecule has 0 aliphatic rings. The van der Waals surface area contributed by atoms with Crippen LogP contribution in [0.1, 0.15) is 24.3 Å². The number of fused-ring (bicyclic) bond motifs is 1. The number of aromatic nitrogens is 2. The molecule has 2 rings (SSSR count). The maximum Gasteiger partial charge on any atom is 0.105 e. The van der Waals surface area contributed by atoms with Gasteiger partial charge in [0.05, 0.1) is 16.5 Å². The third-order valence-corrected chi connectivity index (χ3v) is 2.66. The van der Waals surface area contributed by atoms with Crippen LogP contribution < -0.4 is 0 Å². The van der Waals surface area contributed by atoms with Crippen molar-refractivity contribution in [2.24, 2.45) is 0 Å². The highest BCUT2D eigenvalue weighted by molar-refractivity contribution is 7.19. The minimum atomic E-state index is 0.832. The Kier molecular flexibility index (Phi) is 3.61. The molecule has 0 unspecified atom stereocenters. The Labute approximate surface area is 88.0 Å². The summed E-state index contributed by atoms with van der Waals surface area (Å²) < 4.78 is 1.06. The Morgan fingerprint density at radius 2 is 2.14 bits per heavy atom. The molecule has 0 aliphatic carbocycles. The van der Waals surface area contributed by atoms with Crippen molar-refractivity contribution in [3.63, 3.8) is 0 Å². The fourth-order valence-corrected chi connectivity index (χ4v) is 2.00. The summed E-state index contributed by atoms with van der Waals surface area (Å²) in [5.41, 5.74) is 1.73. The van der Waals surface area contributed by atoms with E-state index in [4.69, 9.17) is 6.42 Å².